The minimum Gasteiger partial charge on any atom is -0.508 e. The molecule has 2 aromatic carbocycles. The Morgan fingerprint density at radius 3 is 2.38 bits per heavy atom. The average Bonchev–Trinajstić information content (AvgIpc) is 2.95. The number of benzene rings is 2. The van der Waals surface area contributed by atoms with E-state index >= 15 is 0 Å². The van der Waals surface area contributed by atoms with Crippen molar-refractivity contribution in [3.63, 3.8) is 0 Å². The highest BCUT2D eigenvalue weighted by molar-refractivity contribution is 5.38. The van der Waals surface area contributed by atoms with Gasteiger partial charge in [0.15, 0.2) is 0 Å². The van der Waals surface area contributed by atoms with Gasteiger partial charge in [-0.3, -0.25) is 4.90 Å². The Hall–Kier alpha value is -2.00. The minimum absolute atomic E-state index is 0.118. The third kappa shape index (κ3) is 2.88. The van der Waals surface area contributed by atoms with E-state index in [9.17, 15) is 10.2 Å². The molecule has 3 rings (SSSR count). The molecule has 110 valence electrons. The first-order valence-corrected chi connectivity index (χ1v) is 7.49. The van der Waals surface area contributed by atoms with Crippen molar-refractivity contribution >= 4 is 0 Å². The van der Waals surface area contributed by atoms with Gasteiger partial charge >= 0.3 is 0 Å². The monoisotopic (exact) mass is 283 g/mol. The van der Waals surface area contributed by atoms with Gasteiger partial charge in [-0.05, 0) is 49.6 Å². The standard InChI is InChI=1S/C18H21NO2/c1-13(15-10-16(20)12-17(21)11-15)19-9-5-8-18(19)14-6-3-2-4-7-14/h2-4,6-7,10-13,18,20-21H,5,8-9H2,1H3. The van der Waals surface area contributed by atoms with Crippen LogP contribution >= 0.6 is 0 Å². The van der Waals surface area contributed by atoms with E-state index in [0.29, 0.717) is 6.04 Å². The van der Waals surface area contributed by atoms with Gasteiger partial charge < -0.3 is 10.2 Å². The molecule has 0 bridgehead atoms. The van der Waals surface area contributed by atoms with E-state index in [4.69, 9.17) is 0 Å². The lowest BCUT2D eigenvalue weighted by molar-refractivity contribution is 0.193. The van der Waals surface area contributed by atoms with Crippen LogP contribution in [0.4, 0.5) is 0 Å². The van der Waals surface area contributed by atoms with Gasteiger partial charge in [0.2, 0.25) is 0 Å². The lowest BCUT2D eigenvalue weighted by Crippen LogP contribution is -2.26. The molecular formula is C18H21NO2. The Morgan fingerprint density at radius 1 is 1.05 bits per heavy atom. The summed E-state index contributed by atoms with van der Waals surface area (Å²) in [5, 5.41) is 19.4. The number of phenolic OH excluding ortho intramolecular Hbond substituents is 2. The number of hydrogen-bond acceptors (Lipinski definition) is 3. The molecule has 2 N–H and O–H groups in total. The van der Waals surface area contributed by atoms with Crippen molar-refractivity contribution in [3.8, 4) is 11.5 Å². The zero-order valence-corrected chi connectivity index (χ0v) is 12.2. The lowest BCUT2D eigenvalue weighted by atomic mass is 10.0. The molecule has 1 fully saturated rings. The molecular weight excluding hydrogens is 262 g/mol. The molecule has 2 unspecified atom stereocenters. The Morgan fingerprint density at radius 2 is 1.71 bits per heavy atom. The summed E-state index contributed by atoms with van der Waals surface area (Å²) < 4.78 is 0. The number of phenols is 2. The molecule has 0 amide bonds. The van der Waals surface area contributed by atoms with Gasteiger partial charge in [-0.25, -0.2) is 0 Å². The Kier molecular flexibility index (Phi) is 3.84. The summed E-state index contributed by atoms with van der Waals surface area (Å²) in [4.78, 5) is 2.45. The summed E-state index contributed by atoms with van der Waals surface area (Å²) in [6, 6.07) is 16.0. The van der Waals surface area contributed by atoms with E-state index in [2.05, 4.69) is 36.1 Å². The van der Waals surface area contributed by atoms with Crippen LogP contribution in [0.25, 0.3) is 0 Å². The fraction of sp³-hybridized carbons (Fsp3) is 0.333. The second kappa shape index (κ2) is 5.78. The smallest absolute Gasteiger partial charge is 0.119 e. The Bertz CT molecular complexity index is 592. The summed E-state index contributed by atoms with van der Waals surface area (Å²) >= 11 is 0. The van der Waals surface area contributed by atoms with Crippen molar-refractivity contribution in [1.82, 2.24) is 4.90 Å². The Balaban J connectivity index is 1.88. The zero-order chi connectivity index (χ0) is 14.8. The molecule has 1 saturated heterocycles. The first kappa shape index (κ1) is 14.0. The molecule has 1 aliphatic rings. The Labute approximate surface area is 125 Å². The summed E-state index contributed by atoms with van der Waals surface area (Å²) in [6.07, 6.45) is 2.33. The van der Waals surface area contributed by atoms with Crippen LogP contribution in [-0.2, 0) is 0 Å². The molecule has 1 aliphatic heterocycles. The largest absolute Gasteiger partial charge is 0.508 e. The predicted octanol–water partition coefficient (Wildman–Crippen LogP) is 4.00. The third-order valence-corrected chi connectivity index (χ3v) is 4.38. The van der Waals surface area contributed by atoms with Crippen LogP contribution in [0.5, 0.6) is 11.5 Å². The fourth-order valence-corrected chi connectivity index (χ4v) is 3.34. The molecule has 0 aromatic heterocycles. The first-order valence-electron chi connectivity index (χ1n) is 7.49. The average molecular weight is 283 g/mol. The van der Waals surface area contributed by atoms with Gasteiger partial charge in [0, 0.05) is 18.2 Å². The number of hydrogen-bond donors (Lipinski definition) is 2. The van der Waals surface area contributed by atoms with Crippen LogP contribution in [0.15, 0.2) is 48.5 Å². The van der Waals surface area contributed by atoms with E-state index in [-0.39, 0.29) is 17.5 Å². The molecule has 0 saturated carbocycles. The maximum Gasteiger partial charge on any atom is 0.119 e. The minimum atomic E-state index is 0.118. The summed E-state index contributed by atoms with van der Waals surface area (Å²) in [7, 11) is 0. The molecule has 0 aliphatic carbocycles. The van der Waals surface area contributed by atoms with E-state index in [0.717, 1.165) is 18.5 Å². The van der Waals surface area contributed by atoms with Gasteiger partial charge in [-0.1, -0.05) is 30.3 Å². The topological polar surface area (TPSA) is 43.7 Å². The van der Waals surface area contributed by atoms with Crippen LogP contribution in [0, 0.1) is 0 Å². The molecule has 1 heterocycles. The van der Waals surface area contributed by atoms with Crippen molar-refractivity contribution in [1.29, 1.82) is 0 Å². The summed E-state index contributed by atoms with van der Waals surface area (Å²) in [5.74, 6) is 0.236. The van der Waals surface area contributed by atoms with E-state index in [1.807, 2.05) is 6.07 Å². The molecule has 3 heteroatoms. The van der Waals surface area contributed by atoms with Gasteiger partial charge in [-0.2, -0.15) is 0 Å². The molecule has 3 nitrogen and oxygen atoms in total. The van der Waals surface area contributed by atoms with Crippen LogP contribution in [-0.4, -0.2) is 21.7 Å². The molecule has 0 spiro atoms. The van der Waals surface area contributed by atoms with Gasteiger partial charge in [0.1, 0.15) is 11.5 Å². The number of likely N-dealkylation sites (tertiary alicyclic amines) is 1. The third-order valence-electron chi connectivity index (χ3n) is 4.38. The van der Waals surface area contributed by atoms with Crippen LogP contribution < -0.4 is 0 Å². The van der Waals surface area contributed by atoms with Crippen molar-refractivity contribution < 1.29 is 10.2 Å². The molecule has 2 aromatic rings. The van der Waals surface area contributed by atoms with Gasteiger partial charge in [0.05, 0.1) is 0 Å². The lowest BCUT2D eigenvalue weighted by Gasteiger charge is -2.31. The maximum atomic E-state index is 9.69. The quantitative estimate of drug-likeness (QED) is 0.895. The van der Waals surface area contributed by atoms with Crippen LogP contribution in [0.3, 0.4) is 0 Å². The second-order valence-corrected chi connectivity index (χ2v) is 5.77. The fourth-order valence-electron chi connectivity index (χ4n) is 3.34. The van der Waals surface area contributed by atoms with Crippen molar-refractivity contribution in [2.24, 2.45) is 0 Å². The summed E-state index contributed by atoms with van der Waals surface area (Å²) in [6.45, 7) is 3.17. The number of rotatable bonds is 3. The van der Waals surface area contributed by atoms with E-state index in [1.54, 1.807) is 12.1 Å². The van der Waals surface area contributed by atoms with E-state index < -0.39 is 0 Å². The number of nitrogens with zero attached hydrogens (tertiary/aromatic N) is 1. The van der Waals surface area contributed by atoms with Crippen LogP contribution in [0.2, 0.25) is 0 Å². The first-order chi connectivity index (χ1) is 10.1. The van der Waals surface area contributed by atoms with Crippen molar-refractivity contribution in [2.75, 3.05) is 6.54 Å². The zero-order valence-electron chi connectivity index (χ0n) is 12.2. The van der Waals surface area contributed by atoms with Gasteiger partial charge in [0.25, 0.3) is 0 Å². The van der Waals surface area contributed by atoms with E-state index in [1.165, 1.54) is 18.1 Å². The van der Waals surface area contributed by atoms with Gasteiger partial charge in [-0.15, -0.1) is 0 Å². The highest BCUT2D eigenvalue weighted by atomic mass is 16.3. The molecule has 2 atom stereocenters. The van der Waals surface area contributed by atoms with Crippen molar-refractivity contribution in [3.05, 3.63) is 59.7 Å². The van der Waals surface area contributed by atoms with Crippen molar-refractivity contribution in [2.45, 2.75) is 31.8 Å². The normalized spacial score (nSPS) is 20.5. The maximum absolute atomic E-state index is 9.69. The molecule has 0 radical (unpaired) electrons. The highest BCUT2D eigenvalue weighted by Gasteiger charge is 2.30. The van der Waals surface area contributed by atoms with Crippen LogP contribution in [0.1, 0.15) is 43.0 Å². The number of aromatic hydroxyl groups is 2. The molecule has 21 heavy (non-hydrogen) atoms. The second-order valence-electron chi connectivity index (χ2n) is 5.77. The predicted molar refractivity (Wildman–Crippen MR) is 83.3 cm³/mol. The summed E-state index contributed by atoms with van der Waals surface area (Å²) in [5.41, 5.74) is 2.29. The highest BCUT2D eigenvalue weighted by Crippen LogP contribution is 2.39. The SMILES string of the molecule is CC(c1cc(O)cc(O)c1)N1CCCC1c1ccccc1.